The molecule has 0 bridgehead atoms. The Bertz CT molecular complexity index is 294. The van der Waals surface area contributed by atoms with Crippen LogP contribution in [0.25, 0.3) is 6.08 Å². The van der Waals surface area contributed by atoms with Gasteiger partial charge in [-0.05, 0) is 18.2 Å². The fourth-order valence-corrected chi connectivity index (χ4v) is 0.849. The molecule has 1 aromatic heterocycles. The lowest BCUT2D eigenvalue weighted by Crippen LogP contribution is -1.94. The molecule has 0 spiro atoms. The molecule has 3 nitrogen and oxygen atoms in total. The number of aldehydes is 1. The SMILES string of the molecule is NCC=Cc1ncccc1C=O. The van der Waals surface area contributed by atoms with Crippen molar-refractivity contribution < 1.29 is 4.79 Å². The standard InChI is InChI=1S/C9H10N2O/c10-5-1-4-9-8(7-12)3-2-6-11-9/h1-4,6-7H,5,10H2. The van der Waals surface area contributed by atoms with Crippen LogP contribution in [-0.4, -0.2) is 17.8 Å². The number of hydrogen-bond acceptors (Lipinski definition) is 3. The zero-order valence-electron chi connectivity index (χ0n) is 6.60. The van der Waals surface area contributed by atoms with Crippen molar-refractivity contribution in [1.29, 1.82) is 0 Å². The fraction of sp³-hybridized carbons (Fsp3) is 0.111. The van der Waals surface area contributed by atoms with Gasteiger partial charge in [-0.25, -0.2) is 0 Å². The summed E-state index contributed by atoms with van der Waals surface area (Å²) in [5, 5.41) is 0. The van der Waals surface area contributed by atoms with E-state index in [1.807, 2.05) is 0 Å². The van der Waals surface area contributed by atoms with Crippen LogP contribution >= 0.6 is 0 Å². The largest absolute Gasteiger partial charge is 0.327 e. The van der Waals surface area contributed by atoms with Gasteiger partial charge in [0.2, 0.25) is 0 Å². The second-order valence-corrected chi connectivity index (χ2v) is 2.23. The minimum Gasteiger partial charge on any atom is -0.327 e. The van der Waals surface area contributed by atoms with Crippen molar-refractivity contribution >= 4 is 12.4 Å². The third-order valence-corrected chi connectivity index (χ3v) is 1.41. The van der Waals surface area contributed by atoms with Crippen molar-refractivity contribution in [1.82, 2.24) is 4.98 Å². The highest BCUT2D eigenvalue weighted by Gasteiger charge is 1.95. The number of carbonyl (C=O) groups excluding carboxylic acids is 1. The second-order valence-electron chi connectivity index (χ2n) is 2.23. The lowest BCUT2D eigenvalue weighted by Gasteiger charge is -1.94. The van der Waals surface area contributed by atoms with Gasteiger partial charge >= 0.3 is 0 Å². The molecular weight excluding hydrogens is 152 g/mol. The van der Waals surface area contributed by atoms with Crippen LogP contribution in [0.4, 0.5) is 0 Å². The quantitative estimate of drug-likeness (QED) is 0.671. The Kier molecular flexibility index (Phi) is 3.17. The van der Waals surface area contributed by atoms with Crippen molar-refractivity contribution in [3.63, 3.8) is 0 Å². The van der Waals surface area contributed by atoms with Gasteiger partial charge in [0.25, 0.3) is 0 Å². The summed E-state index contributed by atoms with van der Waals surface area (Å²) < 4.78 is 0. The van der Waals surface area contributed by atoms with Crippen molar-refractivity contribution in [2.24, 2.45) is 5.73 Å². The Labute approximate surface area is 70.9 Å². The van der Waals surface area contributed by atoms with Crippen LogP contribution in [0.5, 0.6) is 0 Å². The van der Waals surface area contributed by atoms with E-state index in [-0.39, 0.29) is 0 Å². The maximum Gasteiger partial charge on any atom is 0.152 e. The monoisotopic (exact) mass is 162 g/mol. The van der Waals surface area contributed by atoms with Crippen LogP contribution in [0.15, 0.2) is 24.4 Å². The average Bonchev–Trinajstić information content (AvgIpc) is 2.15. The molecule has 0 amide bonds. The van der Waals surface area contributed by atoms with E-state index in [0.29, 0.717) is 17.8 Å². The first-order valence-corrected chi connectivity index (χ1v) is 3.65. The minimum absolute atomic E-state index is 0.453. The maximum atomic E-state index is 10.5. The molecule has 1 rings (SSSR count). The highest BCUT2D eigenvalue weighted by molar-refractivity contribution is 5.80. The first-order valence-electron chi connectivity index (χ1n) is 3.65. The number of hydrogen-bond donors (Lipinski definition) is 1. The van der Waals surface area contributed by atoms with E-state index in [1.54, 1.807) is 30.5 Å². The normalized spacial score (nSPS) is 10.4. The molecule has 0 aliphatic rings. The van der Waals surface area contributed by atoms with Gasteiger partial charge in [-0.3, -0.25) is 9.78 Å². The van der Waals surface area contributed by atoms with Crippen LogP contribution < -0.4 is 5.73 Å². The van der Waals surface area contributed by atoms with E-state index in [2.05, 4.69) is 4.98 Å². The Balaban J connectivity index is 2.96. The molecule has 0 saturated carbocycles. The molecular formula is C9H10N2O. The Morgan fingerprint density at radius 2 is 2.42 bits per heavy atom. The van der Waals surface area contributed by atoms with Crippen molar-refractivity contribution in [2.75, 3.05) is 6.54 Å². The number of aromatic nitrogens is 1. The van der Waals surface area contributed by atoms with Gasteiger partial charge in [-0.1, -0.05) is 6.08 Å². The van der Waals surface area contributed by atoms with E-state index in [9.17, 15) is 4.79 Å². The number of nitrogens with two attached hydrogens (primary N) is 1. The topological polar surface area (TPSA) is 56.0 Å². The summed E-state index contributed by atoms with van der Waals surface area (Å²) in [5.74, 6) is 0. The lowest BCUT2D eigenvalue weighted by molar-refractivity contribution is 0.112. The van der Waals surface area contributed by atoms with E-state index in [1.165, 1.54) is 0 Å². The van der Waals surface area contributed by atoms with Gasteiger partial charge in [0, 0.05) is 18.3 Å². The van der Waals surface area contributed by atoms with Crippen LogP contribution in [0, 0.1) is 0 Å². The molecule has 12 heavy (non-hydrogen) atoms. The summed E-state index contributed by atoms with van der Waals surface area (Å²) >= 11 is 0. The van der Waals surface area contributed by atoms with Gasteiger partial charge in [-0.15, -0.1) is 0 Å². The molecule has 0 aliphatic carbocycles. The zero-order chi connectivity index (χ0) is 8.81. The molecule has 0 aliphatic heterocycles. The molecule has 3 heteroatoms. The highest BCUT2D eigenvalue weighted by Crippen LogP contribution is 2.03. The van der Waals surface area contributed by atoms with Crippen molar-refractivity contribution in [3.05, 3.63) is 35.7 Å². The van der Waals surface area contributed by atoms with Crippen molar-refractivity contribution in [2.45, 2.75) is 0 Å². The minimum atomic E-state index is 0.453. The molecule has 1 aromatic rings. The predicted octanol–water partition coefficient (Wildman–Crippen LogP) is 0.866. The fourth-order valence-electron chi connectivity index (χ4n) is 0.849. The average molecular weight is 162 g/mol. The summed E-state index contributed by atoms with van der Waals surface area (Å²) in [6.07, 6.45) is 5.92. The summed E-state index contributed by atoms with van der Waals surface area (Å²) in [4.78, 5) is 14.5. The molecule has 0 radical (unpaired) electrons. The van der Waals surface area contributed by atoms with Crippen LogP contribution in [0.2, 0.25) is 0 Å². The Morgan fingerprint density at radius 1 is 1.58 bits per heavy atom. The van der Waals surface area contributed by atoms with E-state index in [0.717, 1.165) is 6.29 Å². The van der Waals surface area contributed by atoms with Gasteiger partial charge in [0.05, 0.1) is 5.69 Å². The number of rotatable bonds is 3. The first kappa shape index (κ1) is 8.62. The van der Waals surface area contributed by atoms with E-state index in [4.69, 9.17) is 5.73 Å². The predicted molar refractivity (Wildman–Crippen MR) is 47.7 cm³/mol. The summed E-state index contributed by atoms with van der Waals surface area (Å²) in [6, 6.07) is 3.44. The molecule has 0 fully saturated rings. The highest BCUT2D eigenvalue weighted by atomic mass is 16.1. The number of carbonyl (C=O) groups is 1. The molecule has 0 unspecified atom stereocenters. The Hall–Kier alpha value is -1.48. The number of nitrogens with zero attached hydrogens (tertiary/aromatic N) is 1. The van der Waals surface area contributed by atoms with Gasteiger partial charge in [-0.2, -0.15) is 0 Å². The smallest absolute Gasteiger partial charge is 0.152 e. The number of pyridine rings is 1. The van der Waals surface area contributed by atoms with E-state index >= 15 is 0 Å². The van der Waals surface area contributed by atoms with Crippen LogP contribution in [-0.2, 0) is 0 Å². The van der Waals surface area contributed by atoms with Crippen LogP contribution in [0.1, 0.15) is 16.1 Å². The molecule has 0 atom stereocenters. The first-order chi connectivity index (χ1) is 5.88. The molecule has 62 valence electrons. The maximum absolute atomic E-state index is 10.5. The molecule has 2 N–H and O–H groups in total. The summed E-state index contributed by atoms with van der Waals surface area (Å²) in [5.41, 5.74) is 6.52. The third kappa shape index (κ3) is 2.00. The second kappa shape index (κ2) is 4.41. The molecule has 1 heterocycles. The van der Waals surface area contributed by atoms with E-state index < -0.39 is 0 Å². The molecule has 0 aromatic carbocycles. The summed E-state index contributed by atoms with van der Waals surface area (Å²) in [7, 11) is 0. The Morgan fingerprint density at radius 3 is 3.08 bits per heavy atom. The summed E-state index contributed by atoms with van der Waals surface area (Å²) in [6.45, 7) is 0.453. The van der Waals surface area contributed by atoms with Gasteiger partial charge in [0.1, 0.15) is 0 Å². The van der Waals surface area contributed by atoms with Gasteiger partial charge in [0.15, 0.2) is 6.29 Å². The van der Waals surface area contributed by atoms with Gasteiger partial charge < -0.3 is 5.73 Å². The zero-order valence-corrected chi connectivity index (χ0v) is 6.60. The molecule has 0 saturated heterocycles. The lowest BCUT2D eigenvalue weighted by atomic mass is 10.2. The van der Waals surface area contributed by atoms with Crippen LogP contribution in [0.3, 0.4) is 0 Å². The van der Waals surface area contributed by atoms with Crippen molar-refractivity contribution in [3.8, 4) is 0 Å². The third-order valence-electron chi connectivity index (χ3n) is 1.41.